The predicted molar refractivity (Wildman–Crippen MR) is 103 cm³/mol. The Hall–Kier alpha value is -2.49. The Kier molecular flexibility index (Phi) is 7.50. The number of aliphatic hydroxyl groups is 1. The number of benzene rings is 2. The van der Waals surface area contributed by atoms with Gasteiger partial charge >= 0.3 is 5.97 Å². The van der Waals surface area contributed by atoms with E-state index in [0.717, 1.165) is 22.0 Å². The lowest BCUT2D eigenvalue weighted by atomic mass is 10.2. The fourth-order valence-electron chi connectivity index (χ4n) is 2.51. The van der Waals surface area contributed by atoms with Gasteiger partial charge in [-0.05, 0) is 43.3 Å². The van der Waals surface area contributed by atoms with Crippen molar-refractivity contribution in [2.45, 2.75) is 24.3 Å². The van der Waals surface area contributed by atoms with Crippen LogP contribution in [-0.4, -0.2) is 50.3 Å². The molecule has 28 heavy (non-hydrogen) atoms. The van der Waals surface area contributed by atoms with Crippen LogP contribution in [0.3, 0.4) is 0 Å². The van der Waals surface area contributed by atoms with Crippen molar-refractivity contribution in [3.8, 4) is 0 Å². The van der Waals surface area contributed by atoms with Crippen molar-refractivity contribution >= 4 is 21.7 Å². The standard InChI is InChI=1S/C19H23FN2O5S/c1-14-2-8-18(9-3-14)28(26,27)22(16-6-4-15(20)5-7-16)13-17(23)12-21-11-10-19(24)25/h2-9,17,21,23H,10-13H2,1H3,(H,24,25). The first-order valence-electron chi connectivity index (χ1n) is 8.65. The lowest BCUT2D eigenvalue weighted by Gasteiger charge is -2.27. The minimum absolute atomic E-state index is 0.00833. The lowest BCUT2D eigenvalue weighted by Crippen LogP contribution is -2.42. The third-order valence-electron chi connectivity index (χ3n) is 4.00. The van der Waals surface area contributed by atoms with Crippen LogP contribution in [0.1, 0.15) is 12.0 Å². The van der Waals surface area contributed by atoms with Gasteiger partial charge in [0, 0.05) is 13.1 Å². The number of nitrogens with one attached hydrogen (secondary N) is 1. The molecule has 0 saturated heterocycles. The number of anilines is 1. The molecule has 0 heterocycles. The highest BCUT2D eigenvalue weighted by atomic mass is 32.2. The predicted octanol–water partition coefficient (Wildman–Crippen LogP) is 1.75. The maximum Gasteiger partial charge on any atom is 0.304 e. The lowest BCUT2D eigenvalue weighted by molar-refractivity contribution is -0.136. The van der Waals surface area contributed by atoms with E-state index >= 15 is 0 Å². The molecular formula is C19H23FN2O5S. The first-order chi connectivity index (χ1) is 13.2. The van der Waals surface area contributed by atoms with Crippen LogP contribution in [0, 0.1) is 12.7 Å². The van der Waals surface area contributed by atoms with Crippen LogP contribution in [0.4, 0.5) is 10.1 Å². The molecule has 2 aromatic rings. The first-order valence-corrected chi connectivity index (χ1v) is 10.1. The van der Waals surface area contributed by atoms with Crippen LogP contribution < -0.4 is 9.62 Å². The van der Waals surface area contributed by atoms with E-state index in [1.165, 1.54) is 24.3 Å². The van der Waals surface area contributed by atoms with E-state index in [-0.39, 0.29) is 36.6 Å². The van der Waals surface area contributed by atoms with Crippen LogP contribution in [0.2, 0.25) is 0 Å². The number of hydrogen-bond donors (Lipinski definition) is 3. The Morgan fingerprint density at radius 3 is 2.32 bits per heavy atom. The molecule has 0 saturated carbocycles. The summed E-state index contributed by atoms with van der Waals surface area (Å²) in [5.74, 6) is -1.48. The Bertz CT molecular complexity index is 886. The molecule has 2 rings (SSSR count). The summed E-state index contributed by atoms with van der Waals surface area (Å²) in [4.78, 5) is 10.6. The van der Waals surface area contributed by atoms with E-state index in [9.17, 15) is 22.7 Å². The van der Waals surface area contributed by atoms with Crippen molar-refractivity contribution < 1.29 is 27.8 Å². The van der Waals surface area contributed by atoms with E-state index in [0.29, 0.717) is 0 Å². The monoisotopic (exact) mass is 410 g/mol. The number of carboxylic acids is 1. The van der Waals surface area contributed by atoms with Gasteiger partial charge in [0.2, 0.25) is 0 Å². The second kappa shape index (κ2) is 9.63. The maximum absolute atomic E-state index is 13.3. The SMILES string of the molecule is Cc1ccc(S(=O)(=O)N(CC(O)CNCCC(=O)O)c2ccc(F)cc2)cc1. The first kappa shape index (κ1) is 21.8. The van der Waals surface area contributed by atoms with E-state index in [4.69, 9.17) is 5.11 Å². The summed E-state index contributed by atoms with van der Waals surface area (Å²) in [5, 5.41) is 21.7. The highest BCUT2D eigenvalue weighted by Gasteiger charge is 2.27. The zero-order valence-electron chi connectivity index (χ0n) is 15.4. The van der Waals surface area contributed by atoms with Gasteiger partial charge in [-0.2, -0.15) is 0 Å². The van der Waals surface area contributed by atoms with E-state index in [1.54, 1.807) is 12.1 Å². The molecule has 0 radical (unpaired) electrons. The Morgan fingerprint density at radius 1 is 1.14 bits per heavy atom. The zero-order chi connectivity index (χ0) is 20.7. The molecule has 0 aliphatic heterocycles. The summed E-state index contributed by atoms with van der Waals surface area (Å²) in [6.07, 6.45) is -1.21. The van der Waals surface area contributed by atoms with Gasteiger partial charge < -0.3 is 15.5 Å². The molecule has 1 unspecified atom stereocenters. The normalized spacial score (nSPS) is 12.5. The minimum Gasteiger partial charge on any atom is -0.481 e. The summed E-state index contributed by atoms with van der Waals surface area (Å²) in [6, 6.07) is 11.2. The van der Waals surface area contributed by atoms with Gasteiger partial charge in [-0.15, -0.1) is 0 Å². The Balaban J connectivity index is 2.23. The molecule has 3 N–H and O–H groups in total. The number of carbonyl (C=O) groups is 1. The van der Waals surface area contributed by atoms with Crippen LogP contribution >= 0.6 is 0 Å². The number of hydrogen-bond acceptors (Lipinski definition) is 5. The topological polar surface area (TPSA) is 107 Å². The van der Waals surface area contributed by atoms with Crippen molar-refractivity contribution in [2.24, 2.45) is 0 Å². The summed E-state index contributed by atoms with van der Waals surface area (Å²) in [6.45, 7) is 1.71. The van der Waals surface area contributed by atoms with Gasteiger partial charge in [0.1, 0.15) is 5.82 Å². The molecule has 0 aromatic heterocycles. The Labute approximate surface area is 163 Å². The fraction of sp³-hybridized carbons (Fsp3) is 0.316. The Morgan fingerprint density at radius 2 is 1.75 bits per heavy atom. The van der Waals surface area contributed by atoms with Gasteiger partial charge in [-0.3, -0.25) is 9.10 Å². The molecule has 0 amide bonds. The third kappa shape index (κ3) is 6.01. The molecule has 0 spiro atoms. The van der Waals surface area contributed by atoms with Crippen molar-refractivity contribution in [3.05, 3.63) is 59.9 Å². The van der Waals surface area contributed by atoms with Gasteiger partial charge in [-0.1, -0.05) is 17.7 Å². The van der Waals surface area contributed by atoms with E-state index < -0.39 is 27.9 Å². The van der Waals surface area contributed by atoms with Crippen molar-refractivity contribution in [1.29, 1.82) is 0 Å². The number of nitrogens with zero attached hydrogens (tertiary/aromatic N) is 1. The smallest absolute Gasteiger partial charge is 0.304 e. The van der Waals surface area contributed by atoms with Crippen LogP contribution in [0.25, 0.3) is 0 Å². The molecule has 0 aliphatic rings. The molecular weight excluding hydrogens is 387 g/mol. The van der Waals surface area contributed by atoms with E-state index in [1.807, 2.05) is 6.92 Å². The van der Waals surface area contributed by atoms with Crippen LogP contribution in [0.5, 0.6) is 0 Å². The molecule has 7 nitrogen and oxygen atoms in total. The van der Waals surface area contributed by atoms with Crippen molar-refractivity contribution in [2.75, 3.05) is 23.9 Å². The quantitative estimate of drug-likeness (QED) is 0.515. The average Bonchev–Trinajstić information content (AvgIpc) is 2.64. The second-order valence-electron chi connectivity index (χ2n) is 6.33. The highest BCUT2D eigenvalue weighted by molar-refractivity contribution is 7.92. The molecule has 0 aliphatic carbocycles. The molecule has 152 valence electrons. The number of aryl methyl sites for hydroxylation is 1. The molecule has 0 fully saturated rings. The van der Waals surface area contributed by atoms with E-state index in [2.05, 4.69) is 5.32 Å². The molecule has 9 heteroatoms. The maximum atomic E-state index is 13.3. The van der Waals surface area contributed by atoms with Gasteiger partial charge in [0.25, 0.3) is 10.0 Å². The number of aliphatic hydroxyl groups excluding tert-OH is 1. The molecule has 2 aromatic carbocycles. The largest absolute Gasteiger partial charge is 0.481 e. The molecule has 1 atom stereocenters. The summed E-state index contributed by atoms with van der Waals surface area (Å²) in [5.41, 5.74) is 1.11. The second-order valence-corrected chi connectivity index (χ2v) is 8.19. The fourth-order valence-corrected chi connectivity index (χ4v) is 4.01. The van der Waals surface area contributed by atoms with Gasteiger partial charge in [0.05, 0.1) is 29.7 Å². The highest BCUT2D eigenvalue weighted by Crippen LogP contribution is 2.24. The minimum atomic E-state index is -3.99. The number of halogens is 1. The summed E-state index contributed by atoms with van der Waals surface area (Å²) < 4.78 is 40.5. The number of aliphatic carboxylic acids is 1. The molecule has 0 bridgehead atoms. The number of carboxylic acid groups (broad SMARTS) is 1. The summed E-state index contributed by atoms with van der Waals surface area (Å²) in [7, 11) is -3.99. The average molecular weight is 410 g/mol. The van der Waals surface area contributed by atoms with Gasteiger partial charge in [0.15, 0.2) is 0 Å². The summed E-state index contributed by atoms with van der Waals surface area (Å²) >= 11 is 0. The zero-order valence-corrected chi connectivity index (χ0v) is 16.2. The number of sulfonamides is 1. The van der Waals surface area contributed by atoms with Crippen LogP contribution in [0.15, 0.2) is 53.4 Å². The number of rotatable bonds is 10. The van der Waals surface area contributed by atoms with Gasteiger partial charge in [-0.25, -0.2) is 12.8 Å². The van der Waals surface area contributed by atoms with Crippen molar-refractivity contribution in [1.82, 2.24) is 5.32 Å². The van der Waals surface area contributed by atoms with Crippen molar-refractivity contribution in [3.63, 3.8) is 0 Å². The third-order valence-corrected chi connectivity index (χ3v) is 5.80. The van der Waals surface area contributed by atoms with Crippen LogP contribution in [-0.2, 0) is 14.8 Å².